The molecule has 5 heteroatoms. The maximum absolute atomic E-state index is 13.1. The predicted molar refractivity (Wildman–Crippen MR) is 118 cm³/mol. The number of benzene rings is 2. The topological polar surface area (TPSA) is 67.1 Å². The van der Waals surface area contributed by atoms with Crippen LogP contribution in [0.25, 0.3) is 0 Å². The molecular weight excluding hydrogens is 388 g/mol. The number of amides is 1. The van der Waals surface area contributed by atoms with Crippen LogP contribution in [0.2, 0.25) is 0 Å². The summed E-state index contributed by atoms with van der Waals surface area (Å²) in [5.74, 6) is -0.186. The summed E-state index contributed by atoms with van der Waals surface area (Å²) in [4.78, 5) is 38.6. The number of anilines is 1. The third kappa shape index (κ3) is 3.91. The zero-order valence-electron chi connectivity index (χ0n) is 17.7. The Bertz CT molecular complexity index is 1160. The number of carbonyl (C=O) groups excluding carboxylic acids is 3. The third-order valence-corrected chi connectivity index (χ3v) is 5.93. The Labute approximate surface area is 181 Å². The zero-order valence-corrected chi connectivity index (χ0v) is 17.7. The van der Waals surface area contributed by atoms with Gasteiger partial charge in [-0.1, -0.05) is 50.2 Å². The summed E-state index contributed by atoms with van der Waals surface area (Å²) in [5, 5.41) is 2.83. The average molecular weight is 413 g/mol. The molecule has 1 aromatic heterocycles. The Hall–Kier alpha value is -3.60. The molecule has 0 fully saturated rings. The van der Waals surface area contributed by atoms with Crippen molar-refractivity contribution < 1.29 is 19.0 Å². The minimum atomic E-state index is -0.257. The van der Waals surface area contributed by atoms with Crippen LogP contribution in [0.15, 0.2) is 67.0 Å². The maximum Gasteiger partial charge on any atom is 0.290 e. The van der Waals surface area contributed by atoms with Crippen molar-refractivity contribution in [2.45, 2.75) is 39.2 Å². The summed E-state index contributed by atoms with van der Waals surface area (Å²) in [6.07, 6.45) is 5.96. The Morgan fingerprint density at radius 3 is 2.10 bits per heavy atom. The average Bonchev–Trinajstić information content (AvgIpc) is 2.79. The monoisotopic (exact) mass is 413 g/mol. The number of rotatable bonds is 6. The fourth-order valence-corrected chi connectivity index (χ4v) is 4.21. The summed E-state index contributed by atoms with van der Waals surface area (Å²) in [6.45, 7) is 4.47. The number of fused-ring (bicyclic) bond motifs is 2. The lowest BCUT2D eigenvalue weighted by Crippen LogP contribution is -2.40. The number of carbonyl (C=O) groups is 3. The standard InChI is InChI=1S/C26H24N2O3/c1-3-17(4-2)18-12-14-28(15-13-18)16-23(29)27-22-11-7-10-21-24(22)26(31)20-9-6-5-8-19(20)25(21)30/h5-15,17H,3-4,16H2,1-2H3/p+1. The van der Waals surface area contributed by atoms with Gasteiger partial charge in [0.05, 0.1) is 11.3 Å². The molecule has 0 aliphatic heterocycles. The quantitative estimate of drug-likeness (QED) is 0.480. The zero-order chi connectivity index (χ0) is 22.0. The highest BCUT2D eigenvalue weighted by Crippen LogP contribution is 2.31. The van der Waals surface area contributed by atoms with Crippen LogP contribution in [0.4, 0.5) is 5.69 Å². The van der Waals surface area contributed by atoms with Crippen LogP contribution in [0.5, 0.6) is 0 Å². The summed E-state index contributed by atoms with van der Waals surface area (Å²) in [5.41, 5.74) is 2.98. The lowest BCUT2D eigenvalue weighted by Gasteiger charge is -2.20. The van der Waals surface area contributed by atoms with Crippen molar-refractivity contribution in [3.8, 4) is 0 Å². The number of ketones is 2. The van der Waals surface area contributed by atoms with Crippen molar-refractivity contribution in [3.05, 3.63) is 94.8 Å². The molecule has 1 aliphatic rings. The second kappa shape index (κ2) is 8.64. The van der Waals surface area contributed by atoms with Gasteiger partial charge in [-0.05, 0) is 30.4 Å². The first kappa shape index (κ1) is 20.7. The highest BCUT2D eigenvalue weighted by molar-refractivity contribution is 6.30. The SMILES string of the molecule is CCC(CC)c1cc[n+](CC(=O)Nc2cccc3c2C(=O)c2ccccc2C3=O)cc1. The minimum absolute atomic E-state index is 0.117. The van der Waals surface area contributed by atoms with Gasteiger partial charge in [0.1, 0.15) is 0 Å². The van der Waals surface area contributed by atoms with E-state index in [1.165, 1.54) is 5.56 Å². The number of hydrogen-bond acceptors (Lipinski definition) is 3. The van der Waals surface area contributed by atoms with Gasteiger partial charge < -0.3 is 5.32 Å². The normalized spacial score (nSPS) is 12.5. The minimum Gasteiger partial charge on any atom is -0.320 e. The molecular formula is C26H25N2O3+. The van der Waals surface area contributed by atoms with Gasteiger partial charge in [-0.2, -0.15) is 4.57 Å². The maximum atomic E-state index is 13.1. The highest BCUT2D eigenvalue weighted by atomic mass is 16.2. The van der Waals surface area contributed by atoms with Crippen LogP contribution >= 0.6 is 0 Å². The van der Waals surface area contributed by atoms with E-state index in [0.717, 1.165) is 12.8 Å². The number of nitrogens with zero attached hydrogens (tertiary/aromatic N) is 1. The molecule has 0 saturated heterocycles. The molecule has 1 N–H and O–H groups in total. The largest absolute Gasteiger partial charge is 0.320 e. The van der Waals surface area contributed by atoms with Gasteiger partial charge in [-0.25, -0.2) is 0 Å². The van der Waals surface area contributed by atoms with Gasteiger partial charge in [0, 0.05) is 28.8 Å². The number of hydrogen-bond donors (Lipinski definition) is 1. The second-order valence-electron chi connectivity index (χ2n) is 7.80. The smallest absolute Gasteiger partial charge is 0.290 e. The third-order valence-electron chi connectivity index (χ3n) is 5.93. The number of pyridine rings is 1. The molecule has 4 rings (SSSR count). The molecule has 0 bridgehead atoms. The van der Waals surface area contributed by atoms with Crippen LogP contribution in [0, 0.1) is 0 Å². The number of nitrogens with one attached hydrogen (secondary N) is 1. The molecule has 1 heterocycles. The molecule has 1 amide bonds. The Morgan fingerprint density at radius 1 is 0.839 bits per heavy atom. The molecule has 156 valence electrons. The molecule has 3 aromatic rings. The van der Waals surface area contributed by atoms with E-state index in [0.29, 0.717) is 28.3 Å². The number of aromatic nitrogens is 1. The molecule has 0 atom stereocenters. The van der Waals surface area contributed by atoms with Gasteiger partial charge in [-0.15, -0.1) is 0 Å². The van der Waals surface area contributed by atoms with E-state index in [2.05, 4.69) is 31.3 Å². The van der Waals surface area contributed by atoms with Gasteiger partial charge in [0.25, 0.3) is 5.91 Å². The van der Waals surface area contributed by atoms with Gasteiger partial charge in [0.15, 0.2) is 24.0 Å². The highest BCUT2D eigenvalue weighted by Gasteiger charge is 2.31. The predicted octanol–water partition coefficient (Wildman–Crippen LogP) is 4.29. The lowest BCUT2D eigenvalue weighted by atomic mass is 9.83. The van der Waals surface area contributed by atoms with E-state index in [9.17, 15) is 14.4 Å². The van der Waals surface area contributed by atoms with Crippen molar-refractivity contribution >= 4 is 23.2 Å². The van der Waals surface area contributed by atoms with Crippen LogP contribution in [0.1, 0.15) is 70.0 Å². The lowest BCUT2D eigenvalue weighted by molar-refractivity contribution is -0.684. The van der Waals surface area contributed by atoms with E-state index < -0.39 is 0 Å². The Morgan fingerprint density at radius 2 is 1.45 bits per heavy atom. The first-order valence-electron chi connectivity index (χ1n) is 10.6. The molecule has 0 saturated carbocycles. The van der Waals surface area contributed by atoms with E-state index >= 15 is 0 Å². The molecule has 0 radical (unpaired) electrons. The first-order valence-corrected chi connectivity index (χ1v) is 10.6. The summed E-state index contributed by atoms with van der Waals surface area (Å²) in [6, 6.07) is 15.9. The summed E-state index contributed by atoms with van der Waals surface area (Å²) >= 11 is 0. The Kier molecular flexibility index (Phi) is 5.76. The van der Waals surface area contributed by atoms with Crippen molar-refractivity contribution in [1.29, 1.82) is 0 Å². The van der Waals surface area contributed by atoms with Crippen molar-refractivity contribution in [3.63, 3.8) is 0 Å². The van der Waals surface area contributed by atoms with E-state index in [1.807, 2.05) is 12.4 Å². The Balaban J connectivity index is 1.55. The van der Waals surface area contributed by atoms with E-state index in [-0.39, 0.29) is 29.6 Å². The molecule has 31 heavy (non-hydrogen) atoms. The molecule has 2 aromatic carbocycles. The van der Waals surface area contributed by atoms with Crippen molar-refractivity contribution in [2.24, 2.45) is 0 Å². The van der Waals surface area contributed by atoms with E-state index in [4.69, 9.17) is 0 Å². The molecule has 0 spiro atoms. The van der Waals surface area contributed by atoms with Gasteiger partial charge >= 0.3 is 0 Å². The fraction of sp³-hybridized carbons (Fsp3) is 0.231. The fourth-order valence-electron chi connectivity index (χ4n) is 4.21. The van der Waals surface area contributed by atoms with Crippen molar-refractivity contribution in [2.75, 3.05) is 5.32 Å². The van der Waals surface area contributed by atoms with Gasteiger partial charge in [-0.3, -0.25) is 14.4 Å². The second-order valence-corrected chi connectivity index (χ2v) is 7.80. The van der Waals surface area contributed by atoms with Crippen LogP contribution < -0.4 is 9.88 Å². The van der Waals surface area contributed by atoms with Crippen LogP contribution in [-0.4, -0.2) is 17.5 Å². The molecule has 0 unspecified atom stereocenters. The van der Waals surface area contributed by atoms with Crippen LogP contribution in [0.3, 0.4) is 0 Å². The molecule has 5 nitrogen and oxygen atoms in total. The molecule has 1 aliphatic carbocycles. The van der Waals surface area contributed by atoms with Crippen molar-refractivity contribution in [1.82, 2.24) is 0 Å². The summed E-state index contributed by atoms with van der Waals surface area (Å²) < 4.78 is 1.80. The first-order chi connectivity index (χ1) is 15.0. The van der Waals surface area contributed by atoms with Crippen LogP contribution in [-0.2, 0) is 11.3 Å². The van der Waals surface area contributed by atoms with Gasteiger partial charge in [0.2, 0.25) is 6.54 Å². The summed E-state index contributed by atoms with van der Waals surface area (Å²) in [7, 11) is 0. The van der Waals surface area contributed by atoms with E-state index in [1.54, 1.807) is 47.0 Å².